The molecule has 0 amide bonds. The maximum Gasteiger partial charge on any atom is 0.311 e. The fourth-order valence-electron chi connectivity index (χ4n) is 5.05. The Kier molecular flexibility index (Phi) is 7.11. The molecule has 6 nitrogen and oxygen atoms in total. The number of fused-ring (bicyclic) bond motifs is 2. The van der Waals surface area contributed by atoms with Crippen molar-refractivity contribution in [1.29, 1.82) is 0 Å². The Morgan fingerprint density at radius 3 is 2.57 bits per heavy atom. The number of carbonyl (C=O) groups is 1. The van der Waals surface area contributed by atoms with Gasteiger partial charge in [0.15, 0.2) is 16.6 Å². The molecule has 2 bridgehead atoms. The van der Waals surface area contributed by atoms with E-state index in [4.69, 9.17) is 26.4 Å². The van der Waals surface area contributed by atoms with E-state index in [1.54, 1.807) is 14.2 Å². The number of ether oxygens (including phenoxy) is 3. The molecular formula is C23H34N2O4S. The van der Waals surface area contributed by atoms with Crippen LogP contribution in [0.25, 0.3) is 0 Å². The maximum atomic E-state index is 12.5. The van der Waals surface area contributed by atoms with Crippen LogP contribution in [0.15, 0.2) is 18.2 Å². The van der Waals surface area contributed by atoms with E-state index in [9.17, 15) is 4.79 Å². The fourth-order valence-corrected chi connectivity index (χ4v) is 5.29. The first kappa shape index (κ1) is 22.7. The summed E-state index contributed by atoms with van der Waals surface area (Å²) < 4.78 is 16.0. The number of benzene rings is 1. The molecule has 3 aliphatic rings. The summed E-state index contributed by atoms with van der Waals surface area (Å²) in [5.74, 6) is 2.21. The topological polar surface area (TPSA) is 68.8 Å². The minimum Gasteiger partial charge on any atom is -0.493 e. The van der Waals surface area contributed by atoms with Crippen LogP contribution in [-0.4, -0.2) is 44.5 Å². The molecule has 4 rings (SSSR count). The van der Waals surface area contributed by atoms with Crippen molar-refractivity contribution in [2.75, 3.05) is 27.4 Å². The van der Waals surface area contributed by atoms with Gasteiger partial charge in [-0.15, -0.1) is 0 Å². The van der Waals surface area contributed by atoms with Crippen molar-refractivity contribution < 1.29 is 19.0 Å². The summed E-state index contributed by atoms with van der Waals surface area (Å²) in [4.78, 5) is 12.5. The molecule has 3 aliphatic carbocycles. The molecule has 1 aromatic rings. The van der Waals surface area contributed by atoms with E-state index in [0.29, 0.717) is 30.1 Å². The van der Waals surface area contributed by atoms with Crippen molar-refractivity contribution in [2.24, 2.45) is 23.2 Å². The normalized spacial score (nSPS) is 26.2. The van der Waals surface area contributed by atoms with Gasteiger partial charge in [-0.05, 0) is 73.4 Å². The van der Waals surface area contributed by atoms with Gasteiger partial charge in [-0.3, -0.25) is 4.79 Å². The Labute approximate surface area is 185 Å². The average molecular weight is 435 g/mol. The zero-order valence-corrected chi connectivity index (χ0v) is 19.4. The first-order valence-corrected chi connectivity index (χ1v) is 11.1. The Bertz CT molecular complexity index is 782. The molecule has 0 saturated heterocycles. The van der Waals surface area contributed by atoms with E-state index in [1.807, 2.05) is 25.1 Å². The van der Waals surface area contributed by atoms with Gasteiger partial charge in [0.1, 0.15) is 0 Å². The van der Waals surface area contributed by atoms with E-state index in [0.717, 1.165) is 36.3 Å². The average Bonchev–Trinajstić information content (AvgIpc) is 2.73. The van der Waals surface area contributed by atoms with Gasteiger partial charge in [-0.1, -0.05) is 19.9 Å². The Morgan fingerprint density at radius 2 is 1.93 bits per heavy atom. The summed E-state index contributed by atoms with van der Waals surface area (Å²) in [6, 6.07) is 5.93. The summed E-state index contributed by atoms with van der Waals surface area (Å²) in [7, 11) is 3.26. The van der Waals surface area contributed by atoms with Crippen LogP contribution in [0.2, 0.25) is 0 Å². The zero-order valence-electron chi connectivity index (χ0n) is 18.6. The first-order valence-electron chi connectivity index (χ1n) is 10.7. The predicted molar refractivity (Wildman–Crippen MR) is 121 cm³/mol. The van der Waals surface area contributed by atoms with Crippen LogP contribution in [0, 0.1) is 23.2 Å². The summed E-state index contributed by atoms with van der Waals surface area (Å²) in [6.45, 7) is 7.56. The molecule has 2 N–H and O–H groups in total. The zero-order chi connectivity index (χ0) is 21.9. The van der Waals surface area contributed by atoms with Crippen LogP contribution in [-0.2, 0) is 16.0 Å². The van der Waals surface area contributed by atoms with Gasteiger partial charge < -0.3 is 24.8 Å². The number of esters is 1. The molecule has 4 atom stereocenters. The minimum absolute atomic E-state index is 0.0186. The molecule has 3 fully saturated rings. The number of carbonyl (C=O) groups excluding carboxylic acids is 1. The third-order valence-electron chi connectivity index (χ3n) is 6.99. The van der Waals surface area contributed by atoms with Gasteiger partial charge in [0, 0.05) is 12.6 Å². The molecule has 0 heterocycles. The van der Waals surface area contributed by atoms with Crippen LogP contribution < -0.4 is 20.1 Å². The van der Waals surface area contributed by atoms with Crippen molar-refractivity contribution in [3.63, 3.8) is 0 Å². The van der Waals surface area contributed by atoms with Crippen molar-refractivity contribution >= 4 is 23.3 Å². The molecule has 0 aromatic heterocycles. The predicted octanol–water partition coefficient (Wildman–Crippen LogP) is 3.32. The summed E-state index contributed by atoms with van der Waals surface area (Å²) >= 11 is 5.57. The Balaban J connectivity index is 1.56. The summed E-state index contributed by atoms with van der Waals surface area (Å²) in [6.07, 6.45) is 2.81. The van der Waals surface area contributed by atoms with Gasteiger partial charge >= 0.3 is 5.97 Å². The van der Waals surface area contributed by atoms with Crippen molar-refractivity contribution in [3.8, 4) is 11.5 Å². The number of hydrogen-bond acceptors (Lipinski definition) is 5. The second-order valence-electron chi connectivity index (χ2n) is 8.82. The van der Waals surface area contributed by atoms with Crippen LogP contribution in [0.5, 0.6) is 11.5 Å². The van der Waals surface area contributed by atoms with Gasteiger partial charge in [0.2, 0.25) is 0 Å². The van der Waals surface area contributed by atoms with Gasteiger partial charge in [0.25, 0.3) is 0 Å². The molecule has 0 spiro atoms. The number of nitrogens with one attached hydrogen (secondary N) is 2. The largest absolute Gasteiger partial charge is 0.493 e. The molecular weight excluding hydrogens is 400 g/mol. The number of hydrogen-bond donors (Lipinski definition) is 2. The number of thiocarbonyl (C=S) groups is 1. The van der Waals surface area contributed by atoms with Gasteiger partial charge in [-0.25, -0.2) is 0 Å². The lowest BCUT2D eigenvalue weighted by atomic mass is 9.45. The highest BCUT2D eigenvalue weighted by Crippen LogP contribution is 2.60. The van der Waals surface area contributed by atoms with Crippen LogP contribution in [0.1, 0.15) is 39.2 Å². The molecule has 166 valence electrons. The van der Waals surface area contributed by atoms with Crippen molar-refractivity contribution in [2.45, 2.75) is 46.1 Å². The molecule has 7 heteroatoms. The number of rotatable bonds is 8. The molecule has 0 radical (unpaired) electrons. The van der Waals surface area contributed by atoms with E-state index < -0.39 is 0 Å². The summed E-state index contributed by atoms with van der Waals surface area (Å²) in [5.41, 5.74) is 1.36. The van der Waals surface area contributed by atoms with Crippen LogP contribution in [0.3, 0.4) is 0 Å². The molecule has 0 aliphatic heterocycles. The second kappa shape index (κ2) is 9.41. The Hall–Kier alpha value is -2.02. The standard InChI is InChI=1S/C23H34N2O4S/c1-6-29-21(26)16-12-15-13-17(23(15,2)3)20(16)25-22(30)24-10-9-14-7-8-18(27-4)19(11-14)28-5/h7-8,11,15-17,20H,6,9-10,12-13H2,1-5H3,(H2,24,25,30)/t15-,16-,17+,20-/m1/s1. The van der Waals surface area contributed by atoms with E-state index in [2.05, 4.69) is 24.5 Å². The third-order valence-corrected chi connectivity index (χ3v) is 7.25. The molecule has 3 saturated carbocycles. The third kappa shape index (κ3) is 4.51. The van der Waals surface area contributed by atoms with Crippen LogP contribution in [0.4, 0.5) is 0 Å². The summed E-state index contributed by atoms with van der Waals surface area (Å²) in [5, 5.41) is 7.34. The smallest absolute Gasteiger partial charge is 0.311 e. The Morgan fingerprint density at radius 1 is 1.20 bits per heavy atom. The molecule has 1 aromatic carbocycles. The van der Waals surface area contributed by atoms with Gasteiger partial charge in [0.05, 0.1) is 26.7 Å². The van der Waals surface area contributed by atoms with E-state index in [-0.39, 0.29) is 23.3 Å². The second-order valence-corrected chi connectivity index (χ2v) is 9.23. The van der Waals surface area contributed by atoms with E-state index in [1.165, 1.54) is 0 Å². The SMILES string of the molecule is CCOC(=O)[C@@H]1C[C@@H]2C[C@@H]([C@@H]1NC(=S)NCCc1ccc(OC)c(OC)c1)C2(C)C. The highest BCUT2D eigenvalue weighted by atomic mass is 32.1. The lowest BCUT2D eigenvalue weighted by molar-refractivity contribution is -0.166. The van der Waals surface area contributed by atoms with Crippen molar-refractivity contribution in [1.82, 2.24) is 10.6 Å². The number of methoxy groups -OCH3 is 2. The lowest BCUT2D eigenvalue weighted by Gasteiger charge is -2.62. The van der Waals surface area contributed by atoms with Gasteiger partial charge in [-0.2, -0.15) is 0 Å². The lowest BCUT2D eigenvalue weighted by Crippen LogP contribution is -2.65. The highest BCUT2D eigenvalue weighted by molar-refractivity contribution is 7.80. The minimum atomic E-state index is -0.132. The monoisotopic (exact) mass is 434 g/mol. The fraction of sp³-hybridized carbons (Fsp3) is 0.652. The quantitative estimate of drug-likeness (QED) is 0.480. The first-order chi connectivity index (χ1) is 14.3. The molecule has 0 unspecified atom stereocenters. The van der Waals surface area contributed by atoms with Crippen LogP contribution >= 0.6 is 12.2 Å². The van der Waals surface area contributed by atoms with Crippen molar-refractivity contribution in [3.05, 3.63) is 23.8 Å². The molecule has 30 heavy (non-hydrogen) atoms. The van der Waals surface area contributed by atoms with E-state index >= 15 is 0 Å². The maximum absolute atomic E-state index is 12.5. The highest BCUT2D eigenvalue weighted by Gasteiger charge is 2.59.